The summed E-state index contributed by atoms with van der Waals surface area (Å²) in [5.74, 6) is -2.93. The van der Waals surface area contributed by atoms with Crippen LogP contribution in [0.4, 0.5) is 5.69 Å². The summed E-state index contributed by atoms with van der Waals surface area (Å²) >= 11 is 1.51. The molecular weight excluding hydrogens is 879 g/mol. The maximum Gasteiger partial charge on any atom is 0.355 e. The molecule has 7 aromatic rings. The van der Waals surface area contributed by atoms with Gasteiger partial charge in [0, 0.05) is 11.1 Å². The summed E-state index contributed by atoms with van der Waals surface area (Å²) in [6.45, 7) is 19.7. The summed E-state index contributed by atoms with van der Waals surface area (Å²) < 4.78 is 18.7. The predicted octanol–water partition coefficient (Wildman–Crippen LogP) is 6.20. The van der Waals surface area contributed by atoms with Gasteiger partial charge in [-0.2, -0.15) is 4.98 Å². The average Bonchev–Trinajstić information content (AvgIpc) is 4.06. The topological polar surface area (TPSA) is 230 Å². The number of esters is 1. The maximum absolute atomic E-state index is 14.2. The van der Waals surface area contributed by atoms with E-state index in [9.17, 15) is 28.8 Å². The van der Waals surface area contributed by atoms with Gasteiger partial charge >= 0.3 is 5.97 Å². The molecule has 0 spiro atoms. The number of aromatic nitrogens is 5. The van der Waals surface area contributed by atoms with Crippen molar-refractivity contribution in [1.82, 2.24) is 40.2 Å². The molecule has 3 aromatic heterocycles. The SMILES string of the molecule is C=C(NC(=O)C(=C)n1cnc2c(-c3ccc4scnc4c3)cccc2c1=O)C(=O)OC(C)(C)c1cc2c(c(-c3ccc4c(c3)OCC(=O)N4)c1)CN(C(=C)C(=O)NC(=C)c1nc(C)no1)C2=O. The summed E-state index contributed by atoms with van der Waals surface area (Å²) in [5.41, 5.74) is 3.95. The van der Waals surface area contributed by atoms with Crippen molar-refractivity contribution in [3.8, 4) is 28.0 Å². The Morgan fingerprint density at radius 3 is 2.40 bits per heavy atom. The number of hydrogen-bond donors (Lipinski definition) is 3. The number of thiazole rings is 1. The van der Waals surface area contributed by atoms with Gasteiger partial charge in [-0.3, -0.25) is 33.4 Å². The van der Waals surface area contributed by atoms with Gasteiger partial charge in [-0.1, -0.05) is 55.7 Å². The van der Waals surface area contributed by atoms with Crippen LogP contribution >= 0.6 is 11.3 Å². The fraction of sp³-hybridized carbons (Fsp3) is 0.125. The third-order valence-corrected chi connectivity index (χ3v) is 12.0. The molecule has 0 atom stereocenters. The fourth-order valence-electron chi connectivity index (χ4n) is 7.60. The van der Waals surface area contributed by atoms with Crippen molar-refractivity contribution in [3.63, 3.8) is 0 Å². The molecule has 5 heterocycles. The first-order chi connectivity index (χ1) is 32.0. The Hall–Kier alpha value is -8.84. The van der Waals surface area contributed by atoms with Crippen LogP contribution < -0.4 is 26.2 Å². The Morgan fingerprint density at radius 1 is 0.881 bits per heavy atom. The lowest BCUT2D eigenvalue weighted by Crippen LogP contribution is -2.35. The van der Waals surface area contributed by atoms with Gasteiger partial charge in [0.2, 0.25) is 0 Å². The minimum atomic E-state index is -1.49. The van der Waals surface area contributed by atoms with Gasteiger partial charge in [-0.05, 0) is 91.1 Å². The molecule has 19 heteroatoms. The molecule has 0 fully saturated rings. The Kier molecular flexibility index (Phi) is 10.8. The molecule has 3 N–H and O–H groups in total. The molecule has 4 amide bonds. The van der Waals surface area contributed by atoms with Crippen LogP contribution in [0.2, 0.25) is 0 Å². The molecule has 0 saturated carbocycles. The van der Waals surface area contributed by atoms with Crippen LogP contribution in [-0.2, 0) is 36.1 Å². The highest BCUT2D eigenvalue weighted by Crippen LogP contribution is 2.42. The minimum Gasteiger partial charge on any atom is -0.482 e. The second kappa shape index (κ2) is 16.6. The van der Waals surface area contributed by atoms with Gasteiger partial charge in [-0.15, -0.1) is 11.3 Å². The van der Waals surface area contributed by atoms with Gasteiger partial charge in [0.25, 0.3) is 35.1 Å². The normalized spacial score (nSPS) is 13.0. The van der Waals surface area contributed by atoms with Crippen LogP contribution in [0.1, 0.15) is 47.0 Å². The van der Waals surface area contributed by atoms with Crippen LogP contribution in [0, 0.1) is 6.92 Å². The number of fused-ring (bicyclic) bond motifs is 4. The van der Waals surface area contributed by atoms with E-state index in [-0.39, 0.29) is 53.0 Å². The summed E-state index contributed by atoms with van der Waals surface area (Å²) in [4.78, 5) is 94.8. The van der Waals surface area contributed by atoms with Crippen LogP contribution in [0.25, 0.3) is 54.8 Å². The van der Waals surface area contributed by atoms with E-state index < -0.39 is 40.5 Å². The minimum absolute atomic E-state index is 0.000949. The maximum atomic E-state index is 14.2. The van der Waals surface area contributed by atoms with Crippen LogP contribution in [0.5, 0.6) is 5.75 Å². The third-order valence-electron chi connectivity index (χ3n) is 11.1. The van der Waals surface area contributed by atoms with E-state index in [1.165, 1.54) is 22.6 Å². The first-order valence-corrected chi connectivity index (χ1v) is 21.2. The lowest BCUT2D eigenvalue weighted by atomic mass is 9.88. The van der Waals surface area contributed by atoms with Gasteiger partial charge in [0.1, 0.15) is 34.8 Å². The number of benzene rings is 4. The van der Waals surface area contributed by atoms with Crippen molar-refractivity contribution in [2.24, 2.45) is 0 Å². The zero-order valence-corrected chi connectivity index (χ0v) is 36.8. The summed E-state index contributed by atoms with van der Waals surface area (Å²) in [5, 5.41) is 11.6. The van der Waals surface area contributed by atoms with Crippen molar-refractivity contribution >= 4 is 79.1 Å². The largest absolute Gasteiger partial charge is 0.482 e. The molecule has 0 aliphatic carbocycles. The quantitative estimate of drug-likeness (QED) is 0.0918. The molecule has 4 aromatic carbocycles. The zero-order chi connectivity index (χ0) is 47.5. The second-order valence-corrected chi connectivity index (χ2v) is 16.8. The Balaban J connectivity index is 0.951. The molecular formula is C48H37N9O9S. The van der Waals surface area contributed by atoms with Crippen LogP contribution in [-0.4, -0.2) is 65.8 Å². The molecule has 2 aliphatic rings. The number of carbonyl (C=O) groups excluding carboxylic acids is 5. The molecule has 334 valence electrons. The van der Waals surface area contributed by atoms with E-state index in [0.717, 1.165) is 20.3 Å². The van der Waals surface area contributed by atoms with Crippen molar-refractivity contribution < 1.29 is 38.0 Å². The fourth-order valence-corrected chi connectivity index (χ4v) is 8.26. The van der Waals surface area contributed by atoms with Crippen molar-refractivity contribution in [3.05, 3.63) is 155 Å². The van der Waals surface area contributed by atoms with E-state index >= 15 is 0 Å². The number of nitrogens with one attached hydrogen (secondary N) is 3. The first kappa shape index (κ1) is 43.4. The second-order valence-electron chi connectivity index (χ2n) is 16.0. The average molecular weight is 916 g/mol. The van der Waals surface area contributed by atoms with Crippen molar-refractivity contribution in [2.75, 3.05) is 11.9 Å². The number of hydrogen-bond acceptors (Lipinski definition) is 14. The number of aryl methyl sites for hydroxylation is 1. The third kappa shape index (κ3) is 8.03. The number of anilines is 1. The highest BCUT2D eigenvalue weighted by Gasteiger charge is 2.38. The highest BCUT2D eigenvalue weighted by molar-refractivity contribution is 7.16. The van der Waals surface area contributed by atoms with Gasteiger partial charge in [-0.25, -0.2) is 14.8 Å². The number of rotatable bonds is 12. The Bertz CT molecular complexity index is 3450. The number of ether oxygens (including phenoxy) is 2. The molecule has 0 saturated heterocycles. The van der Waals surface area contributed by atoms with Gasteiger partial charge in [0.15, 0.2) is 12.4 Å². The predicted molar refractivity (Wildman–Crippen MR) is 248 cm³/mol. The number of carbonyl (C=O) groups is 5. The van der Waals surface area contributed by atoms with Crippen molar-refractivity contribution in [1.29, 1.82) is 0 Å². The molecule has 2 aliphatic heterocycles. The highest BCUT2D eigenvalue weighted by atomic mass is 32.1. The van der Waals surface area contributed by atoms with E-state index in [1.807, 2.05) is 24.3 Å². The molecule has 0 radical (unpaired) electrons. The summed E-state index contributed by atoms with van der Waals surface area (Å²) in [7, 11) is 0. The lowest BCUT2D eigenvalue weighted by molar-refractivity contribution is -0.153. The number of amides is 4. The molecule has 67 heavy (non-hydrogen) atoms. The van der Waals surface area contributed by atoms with Gasteiger partial charge in [0.05, 0.1) is 44.6 Å². The monoisotopic (exact) mass is 915 g/mol. The standard InChI is InChI=1S/C48H37N9O9S/c1-23(44-53-27(5)55-66-44)51-42(59)25(3)56-19-35-33(29-11-13-36-38(16-29)64-20-40(58)54-36)17-30(18-34(35)46(56)62)48(6,7)65-47(63)24(2)52-43(60)26(4)57-21-49-41-31(9-8-10-32(41)45(57)61)28-12-14-39-37(15-28)50-22-67-39/h8-18,21-22H,1-4,19-20H2,5-7H3,(H,51,59)(H,52,60)(H,54,58). The van der Waals surface area contributed by atoms with E-state index in [1.54, 1.807) is 68.7 Å². The summed E-state index contributed by atoms with van der Waals surface area (Å²) in [6, 6.07) is 19.3. The van der Waals surface area contributed by atoms with Crippen LogP contribution in [0.3, 0.4) is 0 Å². The molecule has 18 nitrogen and oxygen atoms in total. The molecule has 9 rings (SSSR count). The van der Waals surface area contributed by atoms with E-state index in [4.69, 9.17) is 14.0 Å². The number of nitrogens with zero attached hydrogens (tertiary/aromatic N) is 6. The lowest BCUT2D eigenvalue weighted by Gasteiger charge is -2.28. The van der Waals surface area contributed by atoms with E-state index in [2.05, 4.69) is 62.4 Å². The van der Waals surface area contributed by atoms with Crippen molar-refractivity contribution in [2.45, 2.75) is 32.9 Å². The smallest absolute Gasteiger partial charge is 0.355 e. The number of para-hydroxylation sites is 1. The zero-order valence-electron chi connectivity index (χ0n) is 36.0. The Morgan fingerprint density at radius 2 is 1.63 bits per heavy atom. The van der Waals surface area contributed by atoms with E-state index in [0.29, 0.717) is 50.6 Å². The van der Waals surface area contributed by atoms with Crippen LogP contribution in [0.15, 0.2) is 126 Å². The molecule has 0 unspecified atom stereocenters. The van der Waals surface area contributed by atoms with Gasteiger partial charge < -0.3 is 29.9 Å². The first-order valence-electron chi connectivity index (χ1n) is 20.3. The molecule has 0 bridgehead atoms. The Labute approximate surface area is 383 Å². The summed E-state index contributed by atoms with van der Waals surface area (Å²) in [6.07, 6.45) is 1.19.